The maximum atomic E-state index is 12.2. The van der Waals surface area contributed by atoms with Crippen molar-refractivity contribution < 1.29 is 9.32 Å². The molecule has 2 heterocycles. The Kier molecular flexibility index (Phi) is 5.12. The first-order valence-corrected chi connectivity index (χ1v) is 8.35. The second-order valence-electron chi connectivity index (χ2n) is 4.98. The number of rotatable bonds is 6. The number of amides is 2. The standard InChI is InChI=1S/C15H16N6O2S/c1-2-6-11-17-13(21-23-11)12(10-7-4-3-5-8-10)18-14(22)19-15-20-16-9-24-15/h3-5,7-9,12H,2,6H2,1H3,(H2,18,19,20,22)/t12-/m1/s1. The van der Waals surface area contributed by atoms with Gasteiger partial charge in [-0.05, 0) is 12.0 Å². The minimum Gasteiger partial charge on any atom is -0.339 e. The molecule has 0 aliphatic rings. The Bertz CT molecular complexity index is 774. The molecule has 0 aliphatic heterocycles. The topological polar surface area (TPSA) is 106 Å². The molecule has 0 saturated heterocycles. The number of hydrogen-bond donors (Lipinski definition) is 2. The fourth-order valence-electron chi connectivity index (χ4n) is 2.13. The molecule has 0 bridgehead atoms. The molecule has 0 fully saturated rings. The first-order valence-electron chi connectivity index (χ1n) is 7.47. The average Bonchev–Trinajstić information content (AvgIpc) is 3.26. The van der Waals surface area contributed by atoms with E-state index in [4.69, 9.17) is 4.52 Å². The van der Waals surface area contributed by atoms with E-state index in [0.717, 1.165) is 12.0 Å². The van der Waals surface area contributed by atoms with Gasteiger partial charge >= 0.3 is 6.03 Å². The predicted octanol–water partition coefficient (Wildman–Crippen LogP) is 2.78. The van der Waals surface area contributed by atoms with Crippen LogP contribution in [0.25, 0.3) is 0 Å². The van der Waals surface area contributed by atoms with Crippen LogP contribution in [0.3, 0.4) is 0 Å². The van der Waals surface area contributed by atoms with Crippen molar-refractivity contribution >= 4 is 22.5 Å². The van der Waals surface area contributed by atoms with Gasteiger partial charge in [-0.25, -0.2) is 4.79 Å². The van der Waals surface area contributed by atoms with Gasteiger partial charge in [-0.3, -0.25) is 5.32 Å². The lowest BCUT2D eigenvalue weighted by Crippen LogP contribution is -2.33. The van der Waals surface area contributed by atoms with Crippen LogP contribution >= 0.6 is 11.3 Å². The van der Waals surface area contributed by atoms with Gasteiger partial charge in [0.05, 0.1) is 0 Å². The quantitative estimate of drug-likeness (QED) is 0.712. The fraction of sp³-hybridized carbons (Fsp3) is 0.267. The smallest absolute Gasteiger partial charge is 0.321 e. The minimum absolute atomic E-state index is 0.414. The van der Waals surface area contributed by atoms with Crippen molar-refractivity contribution in [2.75, 3.05) is 5.32 Å². The van der Waals surface area contributed by atoms with Crippen molar-refractivity contribution in [1.82, 2.24) is 25.7 Å². The van der Waals surface area contributed by atoms with E-state index < -0.39 is 12.1 Å². The van der Waals surface area contributed by atoms with Crippen LogP contribution in [0.1, 0.15) is 36.7 Å². The third-order valence-electron chi connectivity index (χ3n) is 3.19. The maximum absolute atomic E-state index is 12.2. The number of nitrogens with zero attached hydrogens (tertiary/aromatic N) is 4. The Balaban J connectivity index is 1.80. The molecule has 8 nitrogen and oxygen atoms in total. The molecule has 1 atom stereocenters. The molecule has 0 spiro atoms. The number of nitrogens with one attached hydrogen (secondary N) is 2. The van der Waals surface area contributed by atoms with Crippen LogP contribution in [0.2, 0.25) is 0 Å². The number of carbonyl (C=O) groups excluding carboxylic acids is 1. The highest BCUT2D eigenvalue weighted by atomic mass is 32.1. The Morgan fingerprint density at radius 1 is 1.33 bits per heavy atom. The highest BCUT2D eigenvalue weighted by Crippen LogP contribution is 2.20. The average molecular weight is 344 g/mol. The minimum atomic E-state index is -0.520. The van der Waals surface area contributed by atoms with Crippen LogP contribution in [0.4, 0.5) is 9.93 Å². The van der Waals surface area contributed by atoms with E-state index in [1.807, 2.05) is 37.3 Å². The van der Waals surface area contributed by atoms with Gasteiger partial charge in [0, 0.05) is 6.42 Å². The predicted molar refractivity (Wildman–Crippen MR) is 88.6 cm³/mol. The first kappa shape index (κ1) is 16.1. The van der Waals surface area contributed by atoms with E-state index in [1.165, 1.54) is 11.3 Å². The molecule has 124 valence electrons. The molecule has 1 aromatic carbocycles. The lowest BCUT2D eigenvalue weighted by molar-refractivity contribution is 0.249. The Labute approximate surface area is 142 Å². The van der Waals surface area contributed by atoms with Crippen molar-refractivity contribution in [2.24, 2.45) is 0 Å². The van der Waals surface area contributed by atoms with Gasteiger partial charge in [-0.15, -0.1) is 10.2 Å². The van der Waals surface area contributed by atoms with Crippen LogP contribution < -0.4 is 10.6 Å². The summed E-state index contributed by atoms with van der Waals surface area (Å²) in [5.74, 6) is 0.969. The molecule has 0 radical (unpaired) electrons. The molecule has 24 heavy (non-hydrogen) atoms. The summed E-state index contributed by atoms with van der Waals surface area (Å²) in [5.41, 5.74) is 2.40. The summed E-state index contributed by atoms with van der Waals surface area (Å²) in [6, 6.07) is 8.54. The lowest BCUT2D eigenvalue weighted by atomic mass is 10.1. The first-order chi connectivity index (χ1) is 11.8. The van der Waals surface area contributed by atoms with E-state index in [9.17, 15) is 4.79 Å². The number of hydrogen-bond acceptors (Lipinski definition) is 7. The zero-order chi connectivity index (χ0) is 16.8. The molecule has 3 rings (SSSR count). The molecule has 9 heteroatoms. The van der Waals surface area contributed by atoms with E-state index >= 15 is 0 Å². The van der Waals surface area contributed by atoms with Crippen LogP contribution in [0.5, 0.6) is 0 Å². The van der Waals surface area contributed by atoms with Crippen LogP contribution in [0.15, 0.2) is 40.4 Å². The summed E-state index contributed by atoms with van der Waals surface area (Å²) < 4.78 is 5.24. The summed E-state index contributed by atoms with van der Waals surface area (Å²) in [7, 11) is 0. The third kappa shape index (κ3) is 3.93. The van der Waals surface area contributed by atoms with Gasteiger partial charge in [0.2, 0.25) is 11.0 Å². The summed E-state index contributed by atoms with van der Waals surface area (Å²) in [6.07, 6.45) is 1.61. The van der Waals surface area contributed by atoms with E-state index in [0.29, 0.717) is 23.3 Å². The molecule has 0 saturated carbocycles. The zero-order valence-electron chi connectivity index (χ0n) is 13.0. The zero-order valence-corrected chi connectivity index (χ0v) is 13.8. The highest BCUT2D eigenvalue weighted by Gasteiger charge is 2.22. The van der Waals surface area contributed by atoms with Gasteiger partial charge in [0.1, 0.15) is 11.6 Å². The van der Waals surface area contributed by atoms with Crippen molar-refractivity contribution in [3.05, 3.63) is 53.1 Å². The normalized spacial score (nSPS) is 11.9. The van der Waals surface area contributed by atoms with Crippen molar-refractivity contribution in [3.63, 3.8) is 0 Å². The molecule has 0 aliphatic carbocycles. The summed E-state index contributed by atoms with van der Waals surface area (Å²) in [6.45, 7) is 2.03. The molecule has 0 unspecified atom stereocenters. The lowest BCUT2D eigenvalue weighted by Gasteiger charge is -2.15. The van der Waals surface area contributed by atoms with E-state index in [2.05, 4.69) is 31.0 Å². The Hall–Kier alpha value is -2.81. The van der Waals surface area contributed by atoms with Gasteiger partial charge < -0.3 is 9.84 Å². The van der Waals surface area contributed by atoms with Gasteiger partial charge in [0.15, 0.2) is 5.82 Å². The molecular formula is C15H16N6O2S. The third-order valence-corrected chi connectivity index (χ3v) is 3.80. The summed E-state index contributed by atoms with van der Waals surface area (Å²) in [5, 5.41) is 17.4. The fourth-order valence-corrected chi connectivity index (χ4v) is 2.58. The van der Waals surface area contributed by atoms with Crippen molar-refractivity contribution in [2.45, 2.75) is 25.8 Å². The molecular weight excluding hydrogens is 328 g/mol. The van der Waals surface area contributed by atoms with Crippen LogP contribution in [-0.2, 0) is 6.42 Å². The largest absolute Gasteiger partial charge is 0.339 e. The SMILES string of the molecule is CCCc1nc([C@H](NC(=O)Nc2nncs2)c2ccccc2)no1. The maximum Gasteiger partial charge on any atom is 0.321 e. The molecule has 2 aromatic heterocycles. The van der Waals surface area contributed by atoms with E-state index in [1.54, 1.807) is 5.51 Å². The Morgan fingerprint density at radius 3 is 2.88 bits per heavy atom. The number of urea groups is 1. The Morgan fingerprint density at radius 2 is 2.17 bits per heavy atom. The van der Waals surface area contributed by atoms with Gasteiger partial charge in [-0.1, -0.05) is 53.7 Å². The monoisotopic (exact) mass is 344 g/mol. The summed E-state index contributed by atoms with van der Waals surface area (Å²) in [4.78, 5) is 16.6. The molecule has 2 amide bonds. The number of carbonyl (C=O) groups is 1. The second kappa shape index (κ2) is 7.64. The second-order valence-corrected chi connectivity index (χ2v) is 5.82. The van der Waals surface area contributed by atoms with E-state index in [-0.39, 0.29) is 0 Å². The number of anilines is 1. The van der Waals surface area contributed by atoms with Crippen LogP contribution in [-0.4, -0.2) is 26.4 Å². The molecule has 2 N–H and O–H groups in total. The number of aromatic nitrogens is 4. The van der Waals surface area contributed by atoms with Crippen LogP contribution in [0, 0.1) is 0 Å². The van der Waals surface area contributed by atoms with Crippen molar-refractivity contribution in [1.29, 1.82) is 0 Å². The highest BCUT2D eigenvalue weighted by molar-refractivity contribution is 7.13. The molecule has 3 aromatic rings. The number of aryl methyl sites for hydroxylation is 1. The van der Waals surface area contributed by atoms with Crippen molar-refractivity contribution in [3.8, 4) is 0 Å². The number of benzene rings is 1. The van der Waals surface area contributed by atoms with Gasteiger partial charge in [0.25, 0.3) is 0 Å². The van der Waals surface area contributed by atoms with Gasteiger partial charge in [-0.2, -0.15) is 4.98 Å². The summed E-state index contributed by atoms with van der Waals surface area (Å²) >= 11 is 1.24.